The van der Waals surface area contributed by atoms with E-state index in [9.17, 15) is 9.90 Å². The molecule has 10 heteroatoms. The number of pyridine rings is 1. The molecule has 8 nitrogen and oxygen atoms in total. The normalized spacial score (nSPS) is 18.2. The Bertz CT molecular complexity index is 1700. The molecule has 0 bridgehead atoms. The minimum absolute atomic E-state index is 0.00292. The van der Waals surface area contributed by atoms with Crippen LogP contribution in [-0.4, -0.2) is 38.1 Å². The van der Waals surface area contributed by atoms with E-state index < -0.39 is 6.29 Å². The van der Waals surface area contributed by atoms with Crippen LogP contribution in [0.15, 0.2) is 102 Å². The van der Waals surface area contributed by atoms with E-state index in [0.717, 1.165) is 48.5 Å². The van der Waals surface area contributed by atoms with Gasteiger partial charge in [0.15, 0.2) is 10.6 Å². The van der Waals surface area contributed by atoms with E-state index in [4.69, 9.17) is 9.47 Å². The molecule has 2 aromatic heterocycles. The first-order valence-corrected chi connectivity index (χ1v) is 16.2. The van der Waals surface area contributed by atoms with Crippen LogP contribution in [0, 0.1) is 6.92 Å². The van der Waals surface area contributed by atoms with E-state index >= 15 is 0 Å². The van der Waals surface area contributed by atoms with Gasteiger partial charge in [0.25, 0.3) is 5.91 Å². The van der Waals surface area contributed by atoms with Gasteiger partial charge in [-0.15, -0.1) is 10.2 Å². The van der Waals surface area contributed by atoms with Crippen LogP contribution in [0.1, 0.15) is 56.4 Å². The van der Waals surface area contributed by atoms with Crippen LogP contribution < -0.4 is 5.32 Å². The zero-order valence-electron chi connectivity index (χ0n) is 24.1. The molecule has 1 saturated heterocycles. The van der Waals surface area contributed by atoms with Crippen molar-refractivity contribution in [2.24, 2.45) is 0 Å². The largest absolute Gasteiger partial charge is 0.392 e. The van der Waals surface area contributed by atoms with Gasteiger partial charge >= 0.3 is 0 Å². The molecule has 1 amide bonds. The number of rotatable bonds is 10. The van der Waals surface area contributed by atoms with Gasteiger partial charge in [-0.25, -0.2) is 0 Å². The van der Waals surface area contributed by atoms with Crippen molar-refractivity contribution >= 4 is 29.0 Å². The fraction of sp³-hybridized carbons (Fsp3) is 0.235. The Kier molecular flexibility index (Phi) is 9.74. The fourth-order valence-electron chi connectivity index (χ4n) is 5.03. The van der Waals surface area contributed by atoms with Crippen LogP contribution in [0.2, 0.25) is 0 Å². The molecule has 1 aliphatic rings. The summed E-state index contributed by atoms with van der Waals surface area (Å²) in [4.78, 5) is 16.5. The lowest BCUT2D eigenvalue weighted by atomic mass is 9.99. The van der Waals surface area contributed by atoms with Crippen molar-refractivity contribution in [3.63, 3.8) is 0 Å². The second-order valence-corrected chi connectivity index (χ2v) is 12.9. The average molecular weight is 625 g/mol. The van der Waals surface area contributed by atoms with E-state index in [1.807, 2.05) is 55.5 Å². The minimum atomic E-state index is -0.560. The van der Waals surface area contributed by atoms with Crippen molar-refractivity contribution < 1.29 is 19.4 Å². The number of thioether (sulfide) groups is 1. The molecule has 0 spiro atoms. The predicted molar refractivity (Wildman–Crippen MR) is 171 cm³/mol. The number of nitrogens with zero attached hydrogens (tertiary/aromatic N) is 3. The van der Waals surface area contributed by atoms with Crippen LogP contribution in [-0.2, 0) is 22.6 Å². The molecule has 5 aromatic rings. The summed E-state index contributed by atoms with van der Waals surface area (Å²) in [5.74, 6) is 0.568. The monoisotopic (exact) mass is 624 g/mol. The Hall–Kier alpha value is -3.93. The molecule has 0 saturated carbocycles. The number of hydrogen-bond donors (Lipinski definition) is 2. The zero-order chi connectivity index (χ0) is 30.3. The molecule has 3 aromatic carbocycles. The highest BCUT2D eigenvalue weighted by atomic mass is 32.2. The fourth-order valence-corrected chi connectivity index (χ4v) is 6.89. The highest BCUT2D eigenvalue weighted by molar-refractivity contribution is 8.01. The van der Waals surface area contributed by atoms with Gasteiger partial charge in [0.05, 0.1) is 24.4 Å². The average Bonchev–Trinajstić information content (AvgIpc) is 3.51. The number of carbonyl (C=O) groups excluding carboxylic acids is 1. The molecule has 3 heterocycles. The summed E-state index contributed by atoms with van der Waals surface area (Å²) in [7, 11) is 0. The number of hydrogen-bond acceptors (Lipinski definition) is 9. The number of aliphatic hydroxyl groups is 1. The molecule has 0 aliphatic carbocycles. The summed E-state index contributed by atoms with van der Waals surface area (Å²) in [6.45, 7) is 2.36. The summed E-state index contributed by atoms with van der Waals surface area (Å²) in [5, 5.41) is 21.8. The summed E-state index contributed by atoms with van der Waals surface area (Å²) in [6.07, 6.45) is 3.11. The standard InChI is InChI=1S/C34H32N4O4S2/c1-22-37-38-34(44-22)43-21-30-17-31(25-12-10-23(20-39)11-13-25)42-33(41-30)28-8-3-7-27(16-28)26-6-2-5-24(15-26)18-36-32(40)29-9-4-14-35-19-29/h2-16,19,30-31,33,39H,17-18,20-21H2,1H3,(H,36,40)/t30-,31+,33+/m0/s1. The van der Waals surface area contributed by atoms with E-state index in [-0.39, 0.29) is 24.7 Å². The van der Waals surface area contributed by atoms with E-state index in [1.165, 1.54) is 0 Å². The molecule has 224 valence electrons. The molecular formula is C34H32N4O4S2. The van der Waals surface area contributed by atoms with Crippen molar-refractivity contribution in [2.45, 2.75) is 49.3 Å². The number of aromatic nitrogens is 3. The maximum atomic E-state index is 12.5. The van der Waals surface area contributed by atoms with Crippen LogP contribution in [0.5, 0.6) is 0 Å². The van der Waals surface area contributed by atoms with E-state index in [2.05, 4.69) is 44.8 Å². The topological polar surface area (TPSA) is 106 Å². The van der Waals surface area contributed by atoms with Crippen molar-refractivity contribution in [1.82, 2.24) is 20.5 Å². The smallest absolute Gasteiger partial charge is 0.253 e. The first-order valence-electron chi connectivity index (χ1n) is 14.3. The number of aryl methyl sites for hydroxylation is 1. The van der Waals surface area contributed by atoms with Crippen LogP contribution in [0.25, 0.3) is 11.1 Å². The van der Waals surface area contributed by atoms with Gasteiger partial charge in [-0.1, -0.05) is 83.8 Å². The van der Waals surface area contributed by atoms with Crippen molar-refractivity contribution in [1.29, 1.82) is 0 Å². The third-order valence-corrected chi connectivity index (χ3v) is 9.41. The second-order valence-electron chi connectivity index (χ2n) is 10.5. The van der Waals surface area contributed by atoms with E-state index in [0.29, 0.717) is 18.5 Å². The molecule has 1 fully saturated rings. The van der Waals surface area contributed by atoms with Gasteiger partial charge in [0.1, 0.15) is 5.01 Å². The van der Waals surface area contributed by atoms with Crippen molar-refractivity contribution in [2.75, 3.05) is 5.75 Å². The number of carbonyl (C=O) groups is 1. The zero-order valence-corrected chi connectivity index (χ0v) is 25.8. The maximum absolute atomic E-state index is 12.5. The molecule has 44 heavy (non-hydrogen) atoms. The Morgan fingerprint density at radius 1 is 0.955 bits per heavy atom. The van der Waals surface area contributed by atoms with Gasteiger partial charge < -0.3 is 19.9 Å². The number of nitrogens with one attached hydrogen (secondary N) is 1. The van der Waals surface area contributed by atoms with Crippen molar-refractivity contribution in [3.8, 4) is 11.1 Å². The van der Waals surface area contributed by atoms with Crippen molar-refractivity contribution in [3.05, 3.63) is 130 Å². The lowest BCUT2D eigenvalue weighted by Crippen LogP contribution is -2.31. The highest BCUT2D eigenvalue weighted by Gasteiger charge is 2.32. The molecule has 3 atom stereocenters. The van der Waals surface area contributed by atoms with Crippen LogP contribution >= 0.6 is 23.1 Å². The van der Waals surface area contributed by atoms with Gasteiger partial charge in [-0.2, -0.15) is 0 Å². The molecule has 0 radical (unpaired) electrons. The van der Waals surface area contributed by atoms with Crippen LogP contribution in [0.3, 0.4) is 0 Å². The van der Waals surface area contributed by atoms with Crippen LogP contribution in [0.4, 0.5) is 0 Å². The summed E-state index contributed by atoms with van der Waals surface area (Å²) >= 11 is 3.24. The number of amides is 1. The Balaban J connectivity index is 1.19. The number of benzene rings is 3. The lowest BCUT2D eigenvalue weighted by Gasteiger charge is -2.36. The maximum Gasteiger partial charge on any atom is 0.253 e. The Labute approximate surface area is 264 Å². The highest BCUT2D eigenvalue weighted by Crippen LogP contribution is 2.40. The summed E-state index contributed by atoms with van der Waals surface area (Å²) in [5.41, 5.74) is 6.42. The third kappa shape index (κ3) is 7.58. The van der Waals surface area contributed by atoms with Gasteiger partial charge in [-0.05, 0) is 59.0 Å². The minimum Gasteiger partial charge on any atom is -0.392 e. The first kappa shape index (κ1) is 30.1. The number of ether oxygens (including phenoxy) is 2. The van der Waals surface area contributed by atoms with E-state index in [1.54, 1.807) is 47.6 Å². The molecule has 6 rings (SSSR count). The summed E-state index contributed by atoms with van der Waals surface area (Å²) < 4.78 is 14.0. The third-order valence-electron chi connectivity index (χ3n) is 7.31. The molecule has 1 aliphatic heterocycles. The molecular weight excluding hydrogens is 593 g/mol. The first-order chi connectivity index (χ1) is 21.5. The van der Waals surface area contributed by atoms with Gasteiger partial charge in [0.2, 0.25) is 0 Å². The SMILES string of the molecule is Cc1nnc(SC[C@@H]2C[C@H](c3ccc(CO)cc3)O[C@H](c3cccc(-c4cccc(CNC(=O)c5cccnc5)c4)c3)O2)s1. The van der Waals surface area contributed by atoms with Gasteiger partial charge in [0, 0.05) is 36.7 Å². The quantitative estimate of drug-likeness (QED) is 0.166. The molecule has 0 unspecified atom stereocenters. The predicted octanol–water partition coefficient (Wildman–Crippen LogP) is 6.67. The van der Waals surface area contributed by atoms with Gasteiger partial charge in [-0.3, -0.25) is 9.78 Å². The Morgan fingerprint density at radius 2 is 1.77 bits per heavy atom. The Morgan fingerprint density at radius 3 is 2.52 bits per heavy atom. The summed E-state index contributed by atoms with van der Waals surface area (Å²) in [6, 6.07) is 27.8. The lowest BCUT2D eigenvalue weighted by molar-refractivity contribution is -0.245. The molecule has 2 N–H and O–H groups in total. The number of aliphatic hydroxyl groups excluding tert-OH is 1. The second kappa shape index (κ2) is 14.2.